The zero-order chi connectivity index (χ0) is 23.1. The smallest absolute Gasteiger partial charge is 0.240 e. The van der Waals surface area contributed by atoms with Gasteiger partial charge in [-0.25, -0.2) is 9.97 Å². The molecule has 0 saturated carbocycles. The van der Waals surface area contributed by atoms with Crippen molar-refractivity contribution in [1.29, 1.82) is 0 Å². The Balaban J connectivity index is 1.74. The van der Waals surface area contributed by atoms with Crippen LogP contribution in [0.25, 0.3) is 6.08 Å². The standard InChI is InChI=1S/C23H31ClN6O2/c1-4-18-20(25-2)27-15-28-21(18)30-12-10-23(26-3,11-13-30)22(32)29-19(9-14-31)16-5-7-17(24)8-6-16/h4-8,15,19,26,31H,1,9-14H2,2-3H3,(H,29,32)(H,25,27,28)/t19-/m0/s1. The zero-order valence-corrected chi connectivity index (χ0v) is 19.3. The third-order valence-corrected chi connectivity index (χ3v) is 6.38. The fraction of sp³-hybridized carbons (Fsp3) is 0.435. The van der Waals surface area contributed by atoms with E-state index in [2.05, 4.69) is 37.4 Å². The van der Waals surface area contributed by atoms with Crippen molar-refractivity contribution < 1.29 is 9.90 Å². The van der Waals surface area contributed by atoms with E-state index in [1.165, 1.54) is 6.33 Å². The Hall–Kier alpha value is -2.68. The Kier molecular flexibility index (Phi) is 8.06. The summed E-state index contributed by atoms with van der Waals surface area (Å²) >= 11 is 6.00. The van der Waals surface area contributed by atoms with Crippen molar-refractivity contribution in [2.45, 2.75) is 30.8 Å². The molecule has 1 saturated heterocycles. The number of rotatable bonds is 9. The third kappa shape index (κ3) is 5.03. The Labute approximate surface area is 194 Å². The molecule has 1 aliphatic heterocycles. The molecule has 0 unspecified atom stereocenters. The van der Waals surface area contributed by atoms with E-state index in [1.54, 1.807) is 18.2 Å². The van der Waals surface area contributed by atoms with E-state index >= 15 is 0 Å². The summed E-state index contributed by atoms with van der Waals surface area (Å²) in [5, 5.41) is 19.6. The summed E-state index contributed by atoms with van der Waals surface area (Å²) in [7, 11) is 3.63. The fourth-order valence-electron chi connectivity index (χ4n) is 4.16. The maximum Gasteiger partial charge on any atom is 0.240 e. The van der Waals surface area contributed by atoms with E-state index in [0.717, 1.165) is 22.8 Å². The second-order valence-electron chi connectivity index (χ2n) is 7.82. The molecule has 1 fully saturated rings. The molecule has 172 valence electrons. The van der Waals surface area contributed by atoms with Crippen LogP contribution in [0.1, 0.15) is 36.4 Å². The van der Waals surface area contributed by atoms with Crippen molar-refractivity contribution in [2.24, 2.45) is 0 Å². The van der Waals surface area contributed by atoms with Gasteiger partial charge in [-0.1, -0.05) is 36.4 Å². The van der Waals surface area contributed by atoms with Gasteiger partial charge in [0.15, 0.2) is 0 Å². The normalized spacial score (nSPS) is 16.3. The van der Waals surface area contributed by atoms with Gasteiger partial charge in [-0.2, -0.15) is 0 Å². The summed E-state index contributed by atoms with van der Waals surface area (Å²) < 4.78 is 0. The second kappa shape index (κ2) is 10.8. The highest BCUT2D eigenvalue weighted by Gasteiger charge is 2.41. The van der Waals surface area contributed by atoms with Crippen molar-refractivity contribution >= 4 is 35.2 Å². The van der Waals surface area contributed by atoms with Crippen molar-refractivity contribution in [3.05, 3.63) is 53.3 Å². The van der Waals surface area contributed by atoms with Crippen LogP contribution in [0.15, 0.2) is 37.2 Å². The SMILES string of the molecule is C=Cc1c(NC)ncnc1N1CCC(NC)(C(=O)N[C@@H](CCO)c2ccc(Cl)cc2)CC1. The number of likely N-dealkylation sites (N-methyl/N-ethyl adjacent to an activating group) is 1. The number of aliphatic hydroxyl groups is 1. The molecular weight excluding hydrogens is 428 g/mol. The van der Waals surface area contributed by atoms with Gasteiger partial charge in [0.1, 0.15) is 23.5 Å². The number of hydrogen-bond donors (Lipinski definition) is 4. The molecular formula is C23H31ClN6O2. The molecule has 0 spiro atoms. The number of hydrogen-bond acceptors (Lipinski definition) is 7. The largest absolute Gasteiger partial charge is 0.396 e. The molecule has 1 aromatic heterocycles. The highest BCUT2D eigenvalue weighted by molar-refractivity contribution is 6.30. The van der Waals surface area contributed by atoms with Crippen LogP contribution in [0.4, 0.5) is 11.6 Å². The lowest BCUT2D eigenvalue weighted by Crippen LogP contribution is -2.61. The number of aliphatic hydroxyl groups excluding tert-OH is 1. The Morgan fingerprint density at radius 2 is 1.97 bits per heavy atom. The first-order chi connectivity index (χ1) is 15.5. The van der Waals surface area contributed by atoms with E-state index in [1.807, 2.05) is 26.2 Å². The summed E-state index contributed by atoms with van der Waals surface area (Å²) in [5.74, 6) is 1.46. The van der Waals surface area contributed by atoms with Crippen LogP contribution in [-0.2, 0) is 4.79 Å². The molecule has 4 N–H and O–H groups in total. The molecule has 0 bridgehead atoms. The van der Waals surface area contributed by atoms with Crippen LogP contribution >= 0.6 is 11.6 Å². The van der Waals surface area contributed by atoms with Gasteiger partial charge in [0.25, 0.3) is 0 Å². The van der Waals surface area contributed by atoms with Crippen LogP contribution in [0.3, 0.4) is 0 Å². The molecule has 8 nitrogen and oxygen atoms in total. The first-order valence-electron chi connectivity index (χ1n) is 10.7. The van der Waals surface area contributed by atoms with Crippen molar-refractivity contribution in [1.82, 2.24) is 20.6 Å². The van der Waals surface area contributed by atoms with E-state index in [4.69, 9.17) is 11.6 Å². The van der Waals surface area contributed by atoms with Gasteiger partial charge in [0, 0.05) is 31.8 Å². The minimum atomic E-state index is -0.705. The summed E-state index contributed by atoms with van der Waals surface area (Å²) in [4.78, 5) is 24.3. The maximum atomic E-state index is 13.4. The van der Waals surface area contributed by atoms with E-state index < -0.39 is 5.54 Å². The average molecular weight is 459 g/mol. The van der Waals surface area contributed by atoms with E-state index in [0.29, 0.717) is 37.4 Å². The van der Waals surface area contributed by atoms with E-state index in [-0.39, 0.29) is 18.6 Å². The van der Waals surface area contributed by atoms with Gasteiger partial charge in [0.05, 0.1) is 11.6 Å². The number of aromatic nitrogens is 2. The number of piperidine rings is 1. The topological polar surface area (TPSA) is 102 Å². The third-order valence-electron chi connectivity index (χ3n) is 6.13. The van der Waals surface area contributed by atoms with Crippen LogP contribution in [0.2, 0.25) is 5.02 Å². The summed E-state index contributed by atoms with van der Waals surface area (Å²) in [5.41, 5.74) is 1.06. The van der Waals surface area contributed by atoms with Gasteiger partial charge in [0.2, 0.25) is 5.91 Å². The summed E-state index contributed by atoms with van der Waals surface area (Å²) in [6.07, 6.45) is 4.93. The first kappa shape index (κ1) is 24.0. The summed E-state index contributed by atoms with van der Waals surface area (Å²) in [6, 6.07) is 7.04. The predicted octanol–water partition coefficient (Wildman–Crippen LogP) is 2.61. The summed E-state index contributed by atoms with van der Waals surface area (Å²) in [6.45, 7) is 5.18. The molecule has 2 aromatic rings. The lowest BCUT2D eigenvalue weighted by Gasteiger charge is -2.42. The van der Waals surface area contributed by atoms with Crippen LogP contribution in [0, 0.1) is 0 Å². The molecule has 3 rings (SSSR count). The molecule has 1 aromatic carbocycles. The number of halogens is 1. The highest BCUT2D eigenvalue weighted by Crippen LogP contribution is 2.31. The quantitative estimate of drug-likeness (QED) is 0.458. The molecule has 0 radical (unpaired) electrons. The van der Waals surface area contributed by atoms with Gasteiger partial charge >= 0.3 is 0 Å². The van der Waals surface area contributed by atoms with Crippen molar-refractivity contribution in [3.8, 4) is 0 Å². The van der Waals surface area contributed by atoms with Crippen LogP contribution < -0.4 is 20.9 Å². The predicted molar refractivity (Wildman–Crippen MR) is 129 cm³/mol. The van der Waals surface area contributed by atoms with Crippen molar-refractivity contribution in [3.63, 3.8) is 0 Å². The number of anilines is 2. The van der Waals surface area contributed by atoms with Crippen LogP contribution in [0.5, 0.6) is 0 Å². The van der Waals surface area contributed by atoms with E-state index in [9.17, 15) is 9.90 Å². The Bertz CT molecular complexity index is 929. The molecule has 9 heteroatoms. The van der Waals surface area contributed by atoms with Gasteiger partial charge < -0.3 is 26.0 Å². The number of nitrogens with one attached hydrogen (secondary N) is 3. The monoisotopic (exact) mass is 458 g/mol. The second-order valence-corrected chi connectivity index (χ2v) is 8.26. The van der Waals surface area contributed by atoms with Crippen molar-refractivity contribution in [2.75, 3.05) is 44.0 Å². The Morgan fingerprint density at radius 3 is 2.53 bits per heavy atom. The lowest BCUT2D eigenvalue weighted by atomic mass is 9.85. The molecule has 1 amide bonds. The number of nitrogens with zero attached hydrogens (tertiary/aromatic N) is 3. The minimum absolute atomic E-state index is 0.0280. The highest BCUT2D eigenvalue weighted by atomic mass is 35.5. The number of benzene rings is 1. The van der Waals surface area contributed by atoms with Gasteiger partial charge in [-0.3, -0.25) is 4.79 Å². The van der Waals surface area contributed by atoms with Crippen LogP contribution in [-0.4, -0.2) is 60.3 Å². The maximum absolute atomic E-state index is 13.4. The number of carbonyl (C=O) groups is 1. The number of carbonyl (C=O) groups excluding carboxylic acids is 1. The lowest BCUT2D eigenvalue weighted by molar-refractivity contribution is -0.129. The van der Waals surface area contributed by atoms with Gasteiger partial charge in [-0.15, -0.1) is 0 Å². The molecule has 1 atom stereocenters. The molecule has 1 aliphatic rings. The first-order valence-corrected chi connectivity index (χ1v) is 11.1. The Morgan fingerprint density at radius 1 is 1.28 bits per heavy atom. The molecule has 2 heterocycles. The molecule has 32 heavy (non-hydrogen) atoms. The zero-order valence-electron chi connectivity index (χ0n) is 18.6. The average Bonchev–Trinajstić information content (AvgIpc) is 2.83. The van der Waals surface area contributed by atoms with Gasteiger partial charge in [-0.05, 0) is 44.0 Å². The fourth-order valence-corrected chi connectivity index (χ4v) is 4.29. The minimum Gasteiger partial charge on any atom is -0.396 e. The molecule has 0 aliphatic carbocycles. The number of amides is 1.